The second-order valence-electron chi connectivity index (χ2n) is 5.73. The topological polar surface area (TPSA) is 27.6 Å². The minimum absolute atomic E-state index is 0.225. The number of amidine groups is 1. The number of likely N-dealkylation sites (N-methyl/N-ethyl adjacent to an activating group) is 1. The van der Waals surface area contributed by atoms with Crippen molar-refractivity contribution in [3.63, 3.8) is 0 Å². The molecule has 1 N–H and O–H groups in total. The average Bonchev–Trinajstić information content (AvgIpc) is 2.28. The minimum atomic E-state index is 0.225. The molecule has 98 valence electrons. The van der Waals surface area contributed by atoms with Crippen molar-refractivity contribution < 1.29 is 0 Å². The third-order valence-electron chi connectivity index (χ3n) is 3.64. The first-order valence-electron chi connectivity index (χ1n) is 6.80. The molecule has 0 saturated carbocycles. The summed E-state index contributed by atoms with van der Waals surface area (Å²) in [7, 11) is 0. The molecule has 0 aliphatic carbocycles. The SMILES string of the molecule is CCN1CCCC(N=C2NC(C)(C)CCS2)C1. The number of piperidine rings is 1. The lowest BCUT2D eigenvalue weighted by Crippen LogP contribution is -2.47. The van der Waals surface area contributed by atoms with Gasteiger partial charge in [0.25, 0.3) is 0 Å². The Balaban J connectivity index is 1.94. The fraction of sp³-hybridized carbons (Fsp3) is 0.923. The monoisotopic (exact) mass is 255 g/mol. The van der Waals surface area contributed by atoms with Crippen LogP contribution < -0.4 is 5.32 Å². The standard InChI is InChI=1S/C13H25N3S/c1-4-16-8-5-6-11(10-16)14-12-15-13(2,3)7-9-17-12/h11H,4-10H2,1-3H3,(H,14,15). The molecule has 0 bridgehead atoms. The number of nitrogens with zero attached hydrogens (tertiary/aromatic N) is 2. The molecule has 2 heterocycles. The molecule has 2 aliphatic heterocycles. The van der Waals surface area contributed by atoms with Gasteiger partial charge in [0, 0.05) is 17.8 Å². The van der Waals surface area contributed by atoms with Gasteiger partial charge in [0.15, 0.2) is 5.17 Å². The van der Waals surface area contributed by atoms with E-state index in [1.807, 2.05) is 11.8 Å². The van der Waals surface area contributed by atoms with Crippen LogP contribution in [0.4, 0.5) is 0 Å². The highest BCUT2D eigenvalue weighted by Gasteiger charge is 2.26. The molecule has 4 heteroatoms. The summed E-state index contributed by atoms with van der Waals surface area (Å²) < 4.78 is 0. The quantitative estimate of drug-likeness (QED) is 0.821. The van der Waals surface area contributed by atoms with E-state index in [-0.39, 0.29) is 5.54 Å². The van der Waals surface area contributed by atoms with Gasteiger partial charge in [0.2, 0.25) is 0 Å². The van der Waals surface area contributed by atoms with Gasteiger partial charge in [-0.2, -0.15) is 0 Å². The summed E-state index contributed by atoms with van der Waals surface area (Å²) in [6, 6.07) is 0.507. The summed E-state index contributed by atoms with van der Waals surface area (Å²) >= 11 is 1.89. The first-order valence-corrected chi connectivity index (χ1v) is 7.79. The van der Waals surface area contributed by atoms with E-state index < -0.39 is 0 Å². The van der Waals surface area contributed by atoms with Gasteiger partial charge in [0.1, 0.15) is 0 Å². The Morgan fingerprint density at radius 1 is 1.53 bits per heavy atom. The van der Waals surface area contributed by atoms with Crippen molar-refractivity contribution in [2.45, 2.75) is 51.6 Å². The zero-order valence-corrected chi connectivity index (χ0v) is 12.1. The van der Waals surface area contributed by atoms with Crippen LogP contribution in [0.3, 0.4) is 0 Å². The average molecular weight is 255 g/mol. The van der Waals surface area contributed by atoms with Gasteiger partial charge in [-0.05, 0) is 46.2 Å². The molecule has 0 amide bonds. The maximum atomic E-state index is 4.92. The summed E-state index contributed by atoms with van der Waals surface area (Å²) in [6.07, 6.45) is 3.77. The van der Waals surface area contributed by atoms with Gasteiger partial charge in [-0.1, -0.05) is 18.7 Å². The van der Waals surface area contributed by atoms with Crippen LogP contribution in [0, 0.1) is 0 Å². The Kier molecular flexibility index (Phi) is 4.36. The van der Waals surface area contributed by atoms with Gasteiger partial charge in [-0.3, -0.25) is 4.99 Å². The summed E-state index contributed by atoms with van der Waals surface area (Å²) in [6.45, 7) is 10.3. The van der Waals surface area contributed by atoms with Gasteiger partial charge in [0.05, 0.1) is 6.04 Å². The zero-order chi connectivity index (χ0) is 12.3. The molecular weight excluding hydrogens is 230 g/mol. The molecule has 0 aromatic rings. The van der Waals surface area contributed by atoms with Crippen molar-refractivity contribution in [1.82, 2.24) is 10.2 Å². The van der Waals surface area contributed by atoms with E-state index in [9.17, 15) is 0 Å². The largest absolute Gasteiger partial charge is 0.360 e. The second-order valence-corrected chi connectivity index (χ2v) is 6.81. The van der Waals surface area contributed by atoms with Crippen LogP contribution in [-0.2, 0) is 0 Å². The first kappa shape index (κ1) is 13.2. The Labute approximate surface area is 109 Å². The van der Waals surface area contributed by atoms with Crippen LogP contribution in [0.15, 0.2) is 4.99 Å². The van der Waals surface area contributed by atoms with Crippen molar-refractivity contribution in [2.24, 2.45) is 4.99 Å². The lowest BCUT2D eigenvalue weighted by molar-refractivity contribution is 0.220. The van der Waals surface area contributed by atoms with Gasteiger partial charge >= 0.3 is 0 Å². The summed E-state index contributed by atoms with van der Waals surface area (Å²) in [5.41, 5.74) is 0.225. The van der Waals surface area contributed by atoms with Gasteiger partial charge in [-0.15, -0.1) is 0 Å². The molecule has 17 heavy (non-hydrogen) atoms. The van der Waals surface area contributed by atoms with Crippen LogP contribution in [0.1, 0.15) is 40.0 Å². The van der Waals surface area contributed by atoms with E-state index in [0.29, 0.717) is 6.04 Å². The van der Waals surface area contributed by atoms with Crippen LogP contribution in [0.25, 0.3) is 0 Å². The summed E-state index contributed by atoms with van der Waals surface area (Å²) in [4.78, 5) is 7.43. The van der Waals surface area contributed by atoms with E-state index in [1.54, 1.807) is 0 Å². The van der Waals surface area contributed by atoms with Gasteiger partial charge in [-0.25, -0.2) is 0 Å². The highest BCUT2D eigenvalue weighted by Crippen LogP contribution is 2.23. The van der Waals surface area contributed by atoms with Crippen LogP contribution in [0.5, 0.6) is 0 Å². The van der Waals surface area contributed by atoms with Crippen LogP contribution in [0.2, 0.25) is 0 Å². The minimum Gasteiger partial charge on any atom is -0.360 e. The lowest BCUT2D eigenvalue weighted by atomic mass is 10.0. The molecule has 2 saturated heterocycles. The first-order chi connectivity index (χ1) is 8.09. The normalized spacial score (nSPS) is 32.4. The van der Waals surface area contributed by atoms with E-state index >= 15 is 0 Å². The number of hydrogen-bond acceptors (Lipinski definition) is 3. The molecule has 2 fully saturated rings. The smallest absolute Gasteiger partial charge is 0.157 e. The Morgan fingerprint density at radius 2 is 2.35 bits per heavy atom. The Morgan fingerprint density at radius 3 is 3.06 bits per heavy atom. The van der Waals surface area contributed by atoms with Crippen LogP contribution >= 0.6 is 11.8 Å². The van der Waals surface area contributed by atoms with Crippen LogP contribution in [-0.4, -0.2) is 47.0 Å². The highest BCUT2D eigenvalue weighted by atomic mass is 32.2. The van der Waals surface area contributed by atoms with Crippen molar-refractivity contribution in [3.05, 3.63) is 0 Å². The number of rotatable bonds is 2. The van der Waals surface area contributed by atoms with E-state index in [4.69, 9.17) is 4.99 Å². The number of likely N-dealkylation sites (tertiary alicyclic amines) is 1. The van der Waals surface area contributed by atoms with E-state index in [1.165, 1.54) is 36.7 Å². The highest BCUT2D eigenvalue weighted by molar-refractivity contribution is 8.13. The fourth-order valence-electron chi connectivity index (χ4n) is 2.45. The van der Waals surface area contributed by atoms with Crippen molar-refractivity contribution in [2.75, 3.05) is 25.4 Å². The third-order valence-corrected chi connectivity index (χ3v) is 4.53. The fourth-order valence-corrected chi connectivity index (χ4v) is 3.83. The molecule has 3 nitrogen and oxygen atoms in total. The Hall–Kier alpha value is -0.220. The second kappa shape index (κ2) is 5.61. The maximum Gasteiger partial charge on any atom is 0.157 e. The molecule has 2 rings (SSSR count). The molecule has 0 aromatic heterocycles. The van der Waals surface area contributed by atoms with Crippen molar-refractivity contribution in [1.29, 1.82) is 0 Å². The number of hydrogen-bond donors (Lipinski definition) is 1. The molecular formula is C13H25N3S. The number of nitrogens with one attached hydrogen (secondary N) is 1. The molecule has 0 spiro atoms. The number of aliphatic imine (C=N–C) groups is 1. The summed E-state index contributed by atoms with van der Waals surface area (Å²) in [5.74, 6) is 1.20. The third kappa shape index (κ3) is 3.88. The zero-order valence-electron chi connectivity index (χ0n) is 11.3. The van der Waals surface area contributed by atoms with E-state index in [0.717, 1.165) is 13.1 Å². The molecule has 0 aromatic carbocycles. The molecule has 2 aliphatic rings. The van der Waals surface area contributed by atoms with Crippen molar-refractivity contribution >= 4 is 16.9 Å². The van der Waals surface area contributed by atoms with E-state index in [2.05, 4.69) is 31.0 Å². The lowest BCUT2D eigenvalue weighted by Gasteiger charge is -2.34. The molecule has 1 unspecified atom stereocenters. The predicted octanol–water partition coefficient (Wildman–Crippen LogP) is 2.33. The maximum absolute atomic E-state index is 4.92. The molecule has 1 atom stereocenters. The number of thioether (sulfide) groups is 1. The molecule has 0 radical (unpaired) electrons. The van der Waals surface area contributed by atoms with Gasteiger partial charge < -0.3 is 10.2 Å². The van der Waals surface area contributed by atoms with Crippen molar-refractivity contribution in [3.8, 4) is 0 Å². The summed E-state index contributed by atoms with van der Waals surface area (Å²) in [5, 5.41) is 4.74. The predicted molar refractivity (Wildman–Crippen MR) is 76.9 cm³/mol. The Bertz CT molecular complexity index is 288.